The van der Waals surface area contributed by atoms with Crippen LogP contribution in [0.4, 0.5) is 16.3 Å². The lowest BCUT2D eigenvalue weighted by atomic mass is 9.93. The molecule has 12 heteroatoms. The van der Waals surface area contributed by atoms with Gasteiger partial charge in [-0.15, -0.1) is 0 Å². The predicted octanol–water partition coefficient (Wildman–Crippen LogP) is 5.32. The van der Waals surface area contributed by atoms with Crippen LogP contribution in [0, 0.1) is 26.1 Å². The second kappa shape index (κ2) is 14.2. The molecule has 1 fully saturated rings. The largest absolute Gasteiger partial charge is 0.465 e. The summed E-state index contributed by atoms with van der Waals surface area (Å²) in [6, 6.07) is 16.1. The van der Waals surface area contributed by atoms with Gasteiger partial charge in [0.1, 0.15) is 6.20 Å². The third kappa shape index (κ3) is 8.70. The van der Waals surface area contributed by atoms with Crippen LogP contribution < -0.4 is 0 Å². The average Bonchev–Trinajstić information content (AvgIpc) is 3.45. The van der Waals surface area contributed by atoms with Gasteiger partial charge in [-0.3, -0.25) is 10.1 Å². The molecule has 1 aliphatic rings. The third-order valence-corrected chi connectivity index (χ3v) is 7.46. The molecule has 0 spiro atoms. The Morgan fingerprint density at radius 1 is 1.07 bits per heavy atom. The highest BCUT2D eigenvalue weighted by Crippen LogP contribution is 2.25. The zero-order chi connectivity index (χ0) is 29.2. The minimum atomic E-state index is -1.04. The van der Waals surface area contributed by atoms with E-state index in [1.54, 1.807) is 16.7 Å². The number of allylic oxidation sites excluding steroid dienone is 1. The number of carbonyl (C=O) groups is 1. The van der Waals surface area contributed by atoms with Crippen molar-refractivity contribution in [3.8, 4) is 0 Å². The highest BCUT2D eigenvalue weighted by Gasteiger charge is 2.21. The van der Waals surface area contributed by atoms with Gasteiger partial charge in [-0.05, 0) is 65.8 Å². The van der Waals surface area contributed by atoms with Crippen LogP contribution in [0.5, 0.6) is 0 Å². The number of nitro benzene ring substituents is 1. The van der Waals surface area contributed by atoms with Crippen molar-refractivity contribution in [2.24, 2.45) is 5.92 Å². The summed E-state index contributed by atoms with van der Waals surface area (Å²) in [5.74, 6) is 0.419. The molecule has 1 amide bonds. The molecular weight excluding hydrogens is 528 g/mol. The molecule has 0 saturated carbocycles. The number of carboxylic acid groups (broad SMARTS) is 1. The maximum atomic E-state index is 11.7. The van der Waals surface area contributed by atoms with Crippen molar-refractivity contribution in [3.63, 3.8) is 0 Å². The van der Waals surface area contributed by atoms with Gasteiger partial charge >= 0.3 is 11.9 Å². The van der Waals surface area contributed by atoms with Gasteiger partial charge in [0.15, 0.2) is 0 Å². The Morgan fingerprint density at radius 2 is 1.78 bits per heavy atom. The molecule has 1 aliphatic heterocycles. The number of aromatic nitrogens is 2. The Hall–Kier alpha value is -4.58. The fraction of sp³-hybridized carbons (Fsp3) is 0.379. The molecular formula is C29H34N6O6. The van der Waals surface area contributed by atoms with Gasteiger partial charge in [0.25, 0.3) is 5.69 Å². The molecule has 1 aromatic heterocycles. The molecule has 1 saturated heterocycles. The molecule has 1 N–H and O–H groups in total. The standard InChI is InChI=1S/C29H34N6O6/c36-29(37)33(19-24-8-10-27(11-9-24)34(38)39)15-4-5-23-12-16-31(17-13-23)18-14-26(25-6-2-1-3-7-25)20-32-21-28(30-22-32)35(40)41/h1-11,21-23,26H,12-20H2,(H,36,37). The highest BCUT2D eigenvalue weighted by molar-refractivity contribution is 5.65. The van der Waals surface area contributed by atoms with Crippen LogP contribution in [-0.4, -0.2) is 66.6 Å². The summed E-state index contributed by atoms with van der Waals surface area (Å²) < 4.78 is 1.79. The SMILES string of the molecule is O=C(O)N(CC=CC1CCN(CCC(Cn2cnc([N+](=O)[O-])c2)c2ccccc2)CC1)Cc1ccc([N+](=O)[O-])cc1. The molecule has 3 aromatic rings. The average molecular weight is 563 g/mol. The Balaban J connectivity index is 1.25. The highest BCUT2D eigenvalue weighted by atomic mass is 16.6. The van der Waals surface area contributed by atoms with Crippen LogP contribution >= 0.6 is 0 Å². The molecule has 12 nitrogen and oxygen atoms in total. The van der Waals surface area contributed by atoms with Crippen LogP contribution in [0.2, 0.25) is 0 Å². The van der Waals surface area contributed by atoms with Crippen LogP contribution in [0.3, 0.4) is 0 Å². The van der Waals surface area contributed by atoms with E-state index in [1.165, 1.54) is 35.1 Å². The molecule has 1 atom stereocenters. The lowest BCUT2D eigenvalue weighted by Gasteiger charge is -2.32. The van der Waals surface area contributed by atoms with Gasteiger partial charge in [-0.1, -0.05) is 54.6 Å². The van der Waals surface area contributed by atoms with E-state index in [9.17, 15) is 30.1 Å². The number of rotatable bonds is 13. The number of amides is 1. The fourth-order valence-electron chi connectivity index (χ4n) is 5.13. The minimum absolute atomic E-state index is 0.0260. The van der Waals surface area contributed by atoms with E-state index in [4.69, 9.17) is 0 Å². The maximum Gasteiger partial charge on any atom is 0.407 e. The lowest BCUT2D eigenvalue weighted by Crippen LogP contribution is -2.35. The minimum Gasteiger partial charge on any atom is -0.465 e. The number of imidazole rings is 1. The van der Waals surface area contributed by atoms with Crippen LogP contribution in [0.1, 0.15) is 36.3 Å². The molecule has 0 aliphatic carbocycles. The van der Waals surface area contributed by atoms with E-state index in [1.807, 2.05) is 24.3 Å². The molecule has 2 aromatic carbocycles. The summed E-state index contributed by atoms with van der Waals surface area (Å²) in [4.78, 5) is 40.2. The topological polar surface area (TPSA) is 148 Å². The Morgan fingerprint density at radius 3 is 2.39 bits per heavy atom. The Bertz CT molecular complexity index is 1340. The number of hydrogen-bond acceptors (Lipinski definition) is 7. The zero-order valence-corrected chi connectivity index (χ0v) is 22.7. The molecule has 2 heterocycles. The summed E-state index contributed by atoms with van der Waals surface area (Å²) in [5, 5.41) is 31.5. The van der Waals surface area contributed by atoms with Crippen molar-refractivity contribution in [1.29, 1.82) is 0 Å². The van der Waals surface area contributed by atoms with Gasteiger partial charge in [0, 0.05) is 37.7 Å². The molecule has 0 radical (unpaired) electrons. The van der Waals surface area contributed by atoms with Crippen LogP contribution in [0.15, 0.2) is 79.3 Å². The number of nitrogens with zero attached hydrogens (tertiary/aromatic N) is 6. The van der Waals surface area contributed by atoms with E-state index in [0.29, 0.717) is 18.0 Å². The third-order valence-electron chi connectivity index (χ3n) is 7.46. The summed E-state index contributed by atoms with van der Waals surface area (Å²) >= 11 is 0. The smallest absolute Gasteiger partial charge is 0.407 e. The van der Waals surface area contributed by atoms with E-state index in [2.05, 4.69) is 28.1 Å². The van der Waals surface area contributed by atoms with Crippen molar-refractivity contribution in [2.75, 3.05) is 26.2 Å². The van der Waals surface area contributed by atoms with Crippen molar-refractivity contribution >= 4 is 17.6 Å². The second-order valence-electron chi connectivity index (χ2n) is 10.3. The van der Waals surface area contributed by atoms with Crippen LogP contribution in [0.25, 0.3) is 0 Å². The summed E-state index contributed by atoms with van der Waals surface area (Å²) in [6.45, 7) is 3.82. The number of nitro groups is 2. The first kappa shape index (κ1) is 29.4. The first-order valence-electron chi connectivity index (χ1n) is 13.6. The maximum absolute atomic E-state index is 11.7. The first-order chi connectivity index (χ1) is 19.8. The Labute approximate surface area is 237 Å². The van der Waals surface area contributed by atoms with E-state index in [-0.39, 0.29) is 30.5 Å². The van der Waals surface area contributed by atoms with Gasteiger partial charge in [0.05, 0.1) is 4.92 Å². The van der Waals surface area contributed by atoms with Crippen LogP contribution in [-0.2, 0) is 13.1 Å². The first-order valence-corrected chi connectivity index (χ1v) is 13.6. The lowest BCUT2D eigenvalue weighted by molar-refractivity contribution is -0.389. The van der Waals surface area contributed by atoms with Gasteiger partial charge in [-0.25, -0.2) is 4.79 Å². The monoisotopic (exact) mass is 562 g/mol. The fourth-order valence-corrected chi connectivity index (χ4v) is 5.13. The number of non-ortho nitro benzene ring substituents is 1. The molecule has 216 valence electrons. The van der Waals surface area contributed by atoms with Crippen molar-refractivity contribution in [1.82, 2.24) is 19.4 Å². The van der Waals surface area contributed by atoms with Gasteiger partial charge in [-0.2, -0.15) is 0 Å². The van der Waals surface area contributed by atoms with E-state index < -0.39 is 15.9 Å². The summed E-state index contributed by atoms with van der Waals surface area (Å²) in [5.41, 5.74) is 1.86. The molecule has 0 bridgehead atoms. The van der Waals surface area contributed by atoms with Gasteiger partial charge < -0.3 is 29.6 Å². The molecule has 4 rings (SSSR count). The molecule has 41 heavy (non-hydrogen) atoms. The number of hydrogen-bond donors (Lipinski definition) is 1. The van der Waals surface area contributed by atoms with E-state index >= 15 is 0 Å². The van der Waals surface area contributed by atoms with Gasteiger partial charge in [0.2, 0.25) is 6.33 Å². The number of likely N-dealkylation sites (tertiary alicyclic amines) is 1. The summed E-state index contributed by atoms with van der Waals surface area (Å²) in [7, 11) is 0. The van der Waals surface area contributed by atoms with E-state index in [0.717, 1.165) is 38.9 Å². The number of benzene rings is 2. The predicted molar refractivity (Wildman–Crippen MR) is 153 cm³/mol. The summed E-state index contributed by atoms with van der Waals surface area (Å²) in [6.07, 6.45) is 8.82. The van der Waals surface area contributed by atoms with Crippen molar-refractivity contribution < 1.29 is 19.7 Å². The normalized spacial score (nSPS) is 15.1. The van der Waals surface area contributed by atoms with Crippen molar-refractivity contribution in [3.05, 3.63) is 111 Å². The quantitative estimate of drug-likeness (QED) is 0.167. The zero-order valence-electron chi connectivity index (χ0n) is 22.7. The Kier molecular flexibility index (Phi) is 10.2. The molecule has 1 unspecified atom stereocenters. The number of piperidine rings is 1. The van der Waals surface area contributed by atoms with Crippen molar-refractivity contribution in [2.45, 2.75) is 38.3 Å². The second-order valence-corrected chi connectivity index (χ2v) is 10.3.